The Kier molecular flexibility index (Phi) is 7.95. The second kappa shape index (κ2) is 10.6. The molecule has 1 aromatic heterocycles. The van der Waals surface area contributed by atoms with Crippen molar-refractivity contribution in [1.82, 2.24) is 15.1 Å². The Balaban J connectivity index is 1.62. The zero-order valence-corrected chi connectivity index (χ0v) is 18.8. The van der Waals surface area contributed by atoms with Crippen LogP contribution >= 0.6 is 11.3 Å². The lowest BCUT2D eigenvalue weighted by Crippen LogP contribution is -2.42. The molecule has 0 aliphatic carbocycles. The molecule has 1 saturated heterocycles. The highest BCUT2D eigenvalue weighted by Gasteiger charge is 2.21. The van der Waals surface area contributed by atoms with Crippen molar-refractivity contribution in [3.05, 3.63) is 52.2 Å². The van der Waals surface area contributed by atoms with Crippen LogP contribution in [-0.4, -0.2) is 55.6 Å². The summed E-state index contributed by atoms with van der Waals surface area (Å²) in [6.07, 6.45) is 2.50. The Hall–Kier alpha value is -2.05. The molecule has 1 atom stereocenters. The van der Waals surface area contributed by atoms with Gasteiger partial charge in [-0.15, -0.1) is 0 Å². The monoisotopic (exact) mass is 414 g/mol. The Bertz CT molecular complexity index is 754. The van der Waals surface area contributed by atoms with Gasteiger partial charge in [-0.3, -0.25) is 4.90 Å². The van der Waals surface area contributed by atoms with Crippen molar-refractivity contribution in [2.24, 2.45) is 0 Å². The van der Waals surface area contributed by atoms with E-state index in [4.69, 9.17) is 0 Å². The van der Waals surface area contributed by atoms with Gasteiger partial charge in [0.1, 0.15) is 0 Å². The molecule has 0 spiro atoms. The van der Waals surface area contributed by atoms with Crippen molar-refractivity contribution in [2.75, 3.05) is 44.7 Å². The number of para-hydroxylation sites is 1. The second-order valence-electron chi connectivity index (χ2n) is 7.66. The highest BCUT2D eigenvalue weighted by atomic mass is 32.1. The van der Waals surface area contributed by atoms with Crippen molar-refractivity contribution in [3.63, 3.8) is 0 Å². The maximum atomic E-state index is 12.8. The second-order valence-corrected chi connectivity index (χ2v) is 8.44. The average Bonchev–Trinajstić information content (AvgIpc) is 3.45. The maximum absolute atomic E-state index is 12.8. The third kappa shape index (κ3) is 5.52. The number of hydrogen-bond donors (Lipinski definition) is 1. The first-order valence-electron chi connectivity index (χ1n) is 10.7. The zero-order chi connectivity index (χ0) is 20.6. The predicted molar refractivity (Wildman–Crippen MR) is 123 cm³/mol. The molecular weight excluding hydrogens is 380 g/mol. The summed E-state index contributed by atoms with van der Waals surface area (Å²) in [6.45, 7) is 9.73. The molecule has 0 bridgehead atoms. The molecule has 1 unspecified atom stereocenters. The van der Waals surface area contributed by atoms with Gasteiger partial charge < -0.3 is 15.1 Å². The van der Waals surface area contributed by atoms with Gasteiger partial charge in [0, 0.05) is 38.9 Å². The molecule has 2 aromatic rings. The highest BCUT2D eigenvalue weighted by Crippen LogP contribution is 2.26. The molecular formula is C23H34N4OS. The van der Waals surface area contributed by atoms with E-state index < -0.39 is 0 Å². The number of anilines is 1. The minimum Gasteiger partial charge on any atom is -0.371 e. The van der Waals surface area contributed by atoms with E-state index in [1.807, 2.05) is 7.05 Å². The van der Waals surface area contributed by atoms with Gasteiger partial charge in [0.25, 0.3) is 0 Å². The lowest BCUT2D eigenvalue weighted by molar-refractivity contribution is 0.189. The number of hydrogen-bond acceptors (Lipinski definition) is 4. The number of nitrogens with one attached hydrogen (secondary N) is 1. The molecule has 2 amide bonds. The number of carbonyl (C=O) groups excluding carboxylic acids is 1. The Labute approximate surface area is 179 Å². The van der Waals surface area contributed by atoms with E-state index in [9.17, 15) is 4.79 Å². The number of benzene rings is 1. The zero-order valence-electron chi connectivity index (χ0n) is 17.9. The van der Waals surface area contributed by atoms with E-state index in [0.717, 1.165) is 26.2 Å². The van der Waals surface area contributed by atoms with Crippen LogP contribution in [0.4, 0.5) is 10.5 Å². The molecule has 29 heavy (non-hydrogen) atoms. The number of carbonyl (C=O) groups is 1. The first-order chi connectivity index (χ1) is 14.1. The van der Waals surface area contributed by atoms with Crippen LogP contribution in [-0.2, 0) is 6.54 Å². The SMILES string of the molecule is CCN(CC)C(CNC(=O)N(C)Cc1ccccc1N1CCCC1)c1ccsc1. The van der Waals surface area contributed by atoms with E-state index >= 15 is 0 Å². The normalized spacial score (nSPS) is 15.0. The van der Waals surface area contributed by atoms with Gasteiger partial charge in [-0.1, -0.05) is 32.0 Å². The van der Waals surface area contributed by atoms with Crippen LogP contribution in [0.1, 0.15) is 43.9 Å². The van der Waals surface area contributed by atoms with Gasteiger partial charge in [-0.25, -0.2) is 4.79 Å². The van der Waals surface area contributed by atoms with Gasteiger partial charge in [-0.05, 0) is 60.0 Å². The number of likely N-dealkylation sites (N-methyl/N-ethyl adjacent to an activating group) is 1. The van der Waals surface area contributed by atoms with Crippen molar-refractivity contribution in [2.45, 2.75) is 39.3 Å². The van der Waals surface area contributed by atoms with Gasteiger partial charge in [-0.2, -0.15) is 11.3 Å². The number of thiophene rings is 1. The molecule has 0 saturated carbocycles. The van der Waals surface area contributed by atoms with Crippen LogP contribution in [0.2, 0.25) is 0 Å². The summed E-state index contributed by atoms with van der Waals surface area (Å²) in [6, 6.07) is 10.8. The van der Waals surface area contributed by atoms with Crippen LogP contribution in [0, 0.1) is 0 Å². The number of amides is 2. The van der Waals surface area contributed by atoms with Gasteiger partial charge in [0.15, 0.2) is 0 Å². The fourth-order valence-corrected chi connectivity index (χ4v) is 4.85. The highest BCUT2D eigenvalue weighted by molar-refractivity contribution is 7.07. The Morgan fingerprint density at radius 3 is 2.55 bits per heavy atom. The van der Waals surface area contributed by atoms with Gasteiger partial charge in [0.2, 0.25) is 0 Å². The quantitative estimate of drug-likeness (QED) is 0.653. The first-order valence-corrected chi connectivity index (χ1v) is 11.7. The van der Waals surface area contributed by atoms with Crippen LogP contribution in [0.5, 0.6) is 0 Å². The third-order valence-corrected chi connectivity index (χ3v) is 6.52. The molecule has 1 aromatic carbocycles. The van der Waals surface area contributed by atoms with E-state index in [1.54, 1.807) is 16.2 Å². The first kappa shape index (κ1) is 21.7. The summed E-state index contributed by atoms with van der Waals surface area (Å²) >= 11 is 1.71. The Morgan fingerprint density at radius 1 is 1.17 bits per heavy atom. The standard InChI is InChI=1S/C23H34N4OS/c1-4-26(5-2)22(20-12-15-29-18-20)16-24-23(28)25(3)17-19-10-6-7-11-21(19)27-13-8-9-14-27/h6-7,10-12,15,18,22H,4-5,8-9,13-14,16-17H2,1-3H3,(H,24,28). The molecule has 3 rings (SSSR count). The van der Waals surface area contributed by atoms with E-state index in [0.29, 0.717) is 13.1 Å². The number of nitrogens with zero attached hydrogens (tertiary/aromatic N) is 3. The Morgan fingerprint density at radius 2 is 1.90 bits per heavy atom. The molecule has 1 N–H and O–H groups in total. The number of rotatable bonds is 9. The lowest BCUT2D eigenvalue weighted by atomic mass is 10.1. The van der Waals surface area contributed by atoms with Crippen molar-refractivity contribution < 1.29 is 4.79 Å². The summed E-state index contributed by atoms with van der Waals surface area (Å²) in [5.74, 6) is 0. The van der Waals surface area contributed by atoms with E-state index in [2.05, 4.69) is 70.1 Å². The van der Waals surface area contributed by atoms with Crippen molar-refractivity contribution in [3.8, 4) is 0 Å². The van der Waals surface area contributed by atoms with E-state index in [-0.39, 0.29) is 12.1 Å². The minimum atomic E-state index is -0.0198. The van der Waals surface area contributed by atoms with Gasteiger partial charge in [0.05, 0.1) is 6.04 Å². The molecule has 158 valence electrons. The topological polar surface area (TPSA) is 38.8 Å². The van der Waals surface area contributed by atoms with Crippen LogP contribution < -0.4 is 10.2 Å². The molecule has 2 heterocycles. The maximum Gasteiger partial charge on any atom is 0.317 e. The smallest absolute Gasteiger partial charge is 0.317 e. The summed E-state index contributed by atoms with van der Waals surface area (Å²) in [5.41, 5.74) is 3.76. The molecule has 1 aliphatic heterocycles. The summed E-state index contributed by atoms with van der Waals surface area (Å²) in [5, 5.41) is 7.46. The fraction of sp³-hybridized carbons (Fsp3) is 0.522. The van der Waals surface area contributed by atoms with Crippen molar-refractivity contribution >= 4 is 23.1 Å². The van der Waals surface area contributed by atoms with E-state index in [1.165, 1.54) is 29.7 Å². The lowest BCUT2D eigenvalue weighted by Gasteiger charge is -2.30. The molecule has 0 radical (unpaired) electrons. The summed E-state index contributed by atoms with van der Waals surface area (Å²) < 4.78 is 0. The van der Waals surface area contributed by atoms with Crippen molar-refractivity contribution in [1.29, 1.82) is 0 Å². The van der Waals surface area contributed by atoms with Crippen LogP contribution in [0.3, 0.4) is 0 Å². The molecule has 5 nitrogen and oxygen atoms in total. The van der Waals surface area contributed by atoms with Crippen LogP contribution in [0.15, 0.2) is 41.1 Å². The average molecular weight is 415 g/mol. The predicted octanol–water partition coefficient (Wildman–Crippen LogP) is 4.57. The number of urea groups is 1. The molecule has 1 fully saturated rings. The van der Waals surface area contributed by atoms with Crippen LogP contribution in [0.25, 0.3) is 0 Å². The minimum absolute atomic E-state index is 0.0198. The summed E-state index contributed by atoms with van der Waals surface area (Å²) in [7, 11) is 1.88. The largest absolute Gasteiger partial charge is 0.371 e. The fourth-order valence-electron chi connectivity index (χ4n) is 4.14. The summed E-state index contributed by atoms with van der Waals surface area (Å²) in [4.78, 5) is 19.5. The third-order valence-electron chi connectivity index (χ3n) is 5.82. The molecule has 1 aliphatic rings. The molecule has 6 heteroatoms. The van der Waals surface area contributed by atoms with Gasteiger partial charge >= 0.3 is 6.03 Å².